The molecule has 1 aromatic rings. The number of sulfonamides is 1. The summed E-state index contributed by atoms with van der Waals surface area (Å²) >= 11 is 0. The lowest BCUT2D eigenvalue weighted by atomic mass is 9.84. The van der Waals surface area contributed by atoms with Crippen LogP contribution in [0.4, 0.5) is 0 Å². The Morgan fingerprint density at radius 3 is 2.48 bits per heavy atom. The molecule has 21 heavy (non-hydrogen) atoms. The second-order valence-electron chi connectivity index (χ2n) is 5.97. The SMILES string of the molecule is CCC1CCCCC1Oc1ccc(S(N)(=O)=O)c(C)c1C. The van der Waals surface area contributed by atoms with Crippen molar-refractivity contribution in [3.63, 3.8) is 0 Å². The largest absolute Gasteiger partial charge is 0.490 e. The molecule has 2 N–H and O–H groups in total. The Morgan fingerprint density at radius 2 is 1.86 bits per heavy atom. The predicted molar refractivity (Wildman–Crippen MR) is 84.0 cm³/mol. The summed E-state index contributed by atoms with van der Waals surface area (Å²) in [6.07, 6.45) is 6.14. The average molecular weight is 311 g/mol. The second-order valence-corrected chi connectivity index (χ2v) is 7.50. The van der Waals surface area contributed by atoms with Crippen molar-refractivity contribution in [2.24, 2.45) is 11.1 Å². The predicted octanol–water partition coefficient (Wildman–Crippen LogP) is 3.30. The molecule has 0 saturated heterocycles. The lowest BCUT2D eigenvalue weighted by Crippen LogP contribution is -2.30. The number of primary sulfonamides is 1. The van der Waals surface area contributed by atoms with Gasteiger partial charge >= 0.3 is 0 Å². The fraction of sp³-hybridized carbons (Fsp3) is 0.625. The van der Waals surface area contributed by atoms with Gasteiger partial charge < -0.3 is 4.74 Å². The molecule has 4 nitrogen and oxygen atoms in total. The van der Waals surface area contributed by atoms with Gasteiger partial charge in [0.15, 0.2) is 0 Å². The average Bonchev–Trinajstić information content (AvgIpc) is 2.43. The molecule has 0 heterocycles. The summed E-state index contributed by atoms with van der Waals surface area (Å²) in [4.78, 5) is 0.183. The number of nitrogens with two attached hydrogens (primary N) is 1. The first-order valence-electron chi connectivity index (χ1n) is 7.64. The molecule has 0 radical (unpaired) electrons. The molecule has 1 aliphatic carbocycles. The minimum Gasteiger partial charge on any atom is -0.490 e. The highest BCUT2D eigenvalue weighted by Gasteiger charge is 2.26. The first-order valence-corrected chi connectivity index (χ1v) is 9.19. The maximum absolute atomic E-state index is 11.5. The van der Waals surface area contributed by atoms with Gasteiger partial charge in [-0.05, 0) is 68.7 Å². The minimum absolute atomic E-state index is 0.183. The van der Waals surface area contributed by atoms with Gasteiger partial charge in [-0.25, -0.2) is 13.6 Å². The van der Waals surface area contributed by atoms with E-state index in [9.17, 15) is 8.42 Å². The van der Waals surface area contributed by atoms with Crippen LogP contribution >= 0.6 is 0 Å². The van der Waals surface area contributed by atoms with Gasteiger partial charge in [0.05, 0.1) is 4.90 Å². The molecule has 1 aromatic carbocycles. The number of rotatable bonds is 4. The first-order chi connectivity index (χ1) is 9.84. The maximum Gasteiger partial charge on any atom is 0.238 e. The molecule has 0 amide bonds. The molecule has 0 spiro atoms. The van der Waals surface area contributed by atoms with E-state index in [0.717, 1.165) is 24.2 Å². The van der Waals surface area contributed by atoms with Crippen LogP contribution in [0.25, 0.3) is 0 Å². The van der Waals surface area contributed by atoms with Crippen LogP contribution in [-0.4, -0.2) is 14.5 Å². The van der Waals surface area contributed by atoms with Crippen LogP contribution in [0.1, 0.15) is 50.2 Å². The summed E-state index contributed by atoms with van der Waals surface area (Å²) in [6.45, 7) is 5.87. The lowest BCUT2D eigenvalue weighted by molar-refractivity contribution is 0.0896. The van der Waals surface area contributed by atoms with Crippen LogP contribution in [0.15, 0.2) is 17.0 Å². The summed E-state index contributed by atoms with van der Waals surface area (Å²) in [6, 6.07) is 3.29. The highest BCUT2D eigenvalue weighted by molar-refractivity contribution is 7.89. The van der Waals surface area contributed by atoms with Crippen molar-refractivity contribution < 1.29 is 13.2 Å². The monoisotopic (exact) mass is 311 g/mol. The quantitative estimate of drug-likeness (QED) is 0.927. The van der Waals surface area contributed by atoms with Gasteiger partial charge in [-0.3, -0.25) is 0 Å². The third-order valence-corrected chi connectivity index (χ3v) is 5.69. The standard InChI is InChI=1S/C16H25NO3S/c1-4-13-7-5-6-8-15(13)20-14-9-10-16(21(17,18)19)12(3)11(14)2/h9-10,13,15H,4-8H2,1-3H3,(H2,17,18,19). The van der Waals surface area contributed by atoms with Gasteiger partial charge in [-0.1, -0.05) is 13.3 Å². The van der Waals surface area contributed by atoms with Crippen molar-refractivity contribution >= 4 is 10.0 Å². The van der Waals surface area contributed by atoms with E-state index < -0.39 is 10.0 Å². The van der Waals surface area contributed by atoms with Crippen molar-refractivity contribution in [3.05, 3.63) is 23.3 Å². The van der Waals surface area contributed by atoms with Crippen LogP contribution < -0.4 is 9.88 Å². The maximum atomic E-state index is 11.5. The van der Waals surface area contributed by atoms with E-state index in [1.54, 1.807) is 19.1 Å². The Bertz CT molecular complexity index is 610. The van der Waals surface area contributed by atoms with Crippen molar-refractivity contribution in [2.45, 2.75) is 63.9 Å². The van der Waals surface area contributed by atoms with E-state index in [0.29, 0.717) is 11.5 Å². The summed E-state index contributed by atoms with van der Waals surface area (Å²) in [7, 11) is -3.68. The molecule has 118 valence electrons. The highest BCUT2D eigenvalue weighted by Crippen LogP contribution is 2.33. The second kappa shape index (κ2) is 6.36. The molecular formula is C16H25NO3S. The molecule has 0 aromatic heterocycles. The molecule has 2 rings (SSSR count). The Balaban J connectivity index is 2.27. The fourth-order valence-corrected chi connectivity index (χ4v) is 4.00. The lowest BCUT2D eigenvalue weighted by Gasteiger charge is -2.32. The minimum atomic E-state index is -3.68. The molecule has 2 atom stereocenters. The summed E-state index contributed by atoms with van der Waals surface area (Å²) < 4.78 is 29.3. The van der Waals surface area contributed by atoms with Crippen LogP contribution in [0, 0.1) is 19.8 Å². The van der Waals surface area contributed by atoms with Gasteiger partial charge in [0, 0.05) is 0 Å². The molecule has 0 bridgehead atoms. The van der Waals surface area contributed by atoms with Gasteiger partial charge in [0.1, 0.15) is 11.9 Å². The molecule has 1 fully saturated rings. The number of benzene rings is 1. The van der Waals surface area contributed by atoms with Crippen LogP contribution in [0.5, 0.6) is 5.75 Å². The number of hydrogen-bond donors (Lipinski definition) is 1. The van der Waals surface area contributed by atoms with E-state index in [4.69, 9.17) is 9.88 Å². The van der Waals surface area contributed by atoms with E-state index >= 15 is 0 Å². The van der Waals surface area contributed by atoms with Gasteiger partial charge in [0.2, 0.25) is 10.0 Å². The van der Waals surface area contributed by atoms with Crippen molar-refractivity contribution in [1.82, 2.24) is 0 Å². The van der Waals surface area contributed by atoms with E-state index in [1.807, 2.05) is 6.92 Å². The van der Waals surface area contributed by atoms with E-state index in [1.165, 1.54) is 19.3 Å². The smallest absolute Gasteiger partial charge is 0.238 e. The molecule has 1 saturated carbocycles. The topological polar surface area (TPSA) is 69.4 Å². The van der Waals surface area contributed by atoms with E-state index in [-0.39, 0.29) is 11.0 Å². The molecule has 1 aliphatic rings. The van der Waals surface area contributed by atoms with Crippen molar-refractivity contribution in [3.8, 4) is 5.75 Å². The molecular weight excluding hydrogens is 286 g/mol. The van der Waals surface area contributed by atoms with Crippen LogP contribution in [-0.2, 0) is 10.0 Å². The summed E-state index contributed by atoms with van der Waals surface area (Å²) in [5.74, 6) is 1.38. The van der Waals surface area contributed by atoms with Gasteiger partial charge in [0.25, 0.3) is 0 Å². The molecule has 5 heteroatoms. The van der Waals surface area contributed by atoms with E-state index in [2.05, 4.69) is 6.92 Å². The Labute approximate surface area is 127 Å². The fourth-order valence-electron chi connectivity index (χ4n) is 3.17. The van der Waals surface area contributed by atoms with Crippen LogP contribution in [0.3, 0.4) is 0 Å². The zero-order chi connectivity index (χ0) is 15.6. The Kier molecular flexibility index (Phi) is 4.94. The normalized spacial score (nSPS) is 23.0. The zero-order valence-electron chi connectivity index (χ0n) is 13.1. The van der Waals surface area contributed by atoms with Crippen molar-refractivity contribution in [2.75, 3.05) is 0 Å². The van der Waals surface area contributed by atoms with Crippen LogP contribution in [0.2, 0.25) is 0 Å². The van der Waals surface area contributed by atoms with Gasteiger partial charge in [-0.15, -0.1) is 0 Å². The number of ether oxygens (including phenoxy) is 1. The Morgan fingerprint density at radius 1 is 1.19 bits per heavy atom. The third-order valence-electron chi connectivity index (χ3n) is 4.64. The third kappa shape index (κ3) is 3.58. The summed E-state index contributed by atoms with van der Waals surface area (Å²) in [5, 5.41) is 5.24. The van der Waals surface area contributed by atoms with Gasteiger partial charge in [-0.2, -0.15) is 0 Å². The summed E-state index contributed by atoms with van der Waals surface area (Å²) in [5.41, 5.74) is 1.54. The molecule has 0 aliphatic heterocycles. The zero-order valence-corrected chi connectivity index (χ0v) is 13.9. The Hall–Kier alpha value is -1.07. The number of hydrogen-bond acceptors (Lipinski definition) is 3. The van der Waals surface area contributed by atoms with Crippen molar-refractivity contribution in [1.29, 1.82) is 0 Å². The molecule has 2 unspecified atom stereocenters. The highest BCUT2D eigenvalue weighted by atomic mass is 32.2. The first kappa shape index (κ1) is 16.3.